The third-order valence-corrected chi connectivity index (χ3v) is 4.24. The Kier molecular flexibility index (Phi) is 5.17. The first-order valence-electron chi connectivity index (χ1n) is 6.61. The molecule has 0 spiro atoms. The first-order valence-corrected chi connectivity index (χ1v) is 7.78. The van der Waals surface area contributed by atoms with E-state index in [9.17, 15) is 4.39 Å². The van der Waals surface area contributed by atoms with E-state index in [1.165, 1.54) is 6.07 Å². The van der Waals surface area contributed by atoms with Gasteiger partial charge in [-0.25, -0.2) is 14.4 Å². The molecule has 2 aromatic rings. The van der Waals surface area contributed by atoms with Gasteiger partial charge in [0.2, 0.25) is 0 Å². The zero-order valence-corrected chi connectivity index (χ0v) is 14.4. The topological polar surface area (TPSA) is 37.8 Å². The van der Waals surface area contributed by atoms with Crippen molar-refractivity contribution in [3.63, 3.8) is 0 Å². The van der Waals surface area contributed by atoms with Gasteiger partial charge in [-0.15, -0.1) is 0 Å². The van der Waals surface area contributed by atoms with E-state index in [-0.39, 0.29) is 18.2 Å². The van der Waals surface area contributed by atoms with Crippen LogP contribution >= 0.6 is 27.5 Å². The van der Waals surface area contributed by atoms with Crippen molar-refractivity contribution in [2.75, 3.05) is 12.4 Å². The number of halogens is 3. The van der Waals surface area contributed by atoms with Crippen LogP contribution in [0.25, 0.3) is 0 Å². The lowest BCUT2D eigenvalue weighted by molar-refractivity contribution is 0.611. The molecule has 0 fully saturated rings. The second-order valence-electron chi connectivity index (χ2n) is 4.97. The SMILES string of the molecule is CNc1nc(Cc2c(F)cccc2Cl)nc(C(C)C)c1Br. The molecular weight excluding hydrogens is 357 g/mol. The molecular formula is C15H16BrClFN3. The second kappa shape index (κ2) is 6.71. The monoisotopic (exact) mass is 371 g/mol. The van der Waals surface area contributed by atoms with Gasteiger partial charge in [-0.1, -0.05) is 31.5 Å². The Bertz CT molecular complexity index is 641. The number of nitrogens with zero attached hydrogens (tertiary/aromatic N) is 2. The maximum Gasteiger partial charge on any atom is 0.144 e. The number of aromatic nitrogens is 2. The molecule has 1 aromatic heterocycles. The Morgan fingerprint density at radius 3 is 2.62 bits per heavy atom. The summed E-state index contributed by atoms with van der Waals surface area (Å²) in [7, 11) is 1.79. The fraction of sp³-hybridized carbons (Fsp3) is 0.333. The van der Waals surface area contributed by atoms with E-state index in [1.807, 2.05) is 13.8 Å². The quantitative estimate of drug-likeness (QED) is 0.838. The molecule has 0 unspecified atom stereocenters. The maximum absolute atomic E-state index is 13.9. The lowest BCUT2D eigenvalue weighted by Crippen LogP contribution is -2.08. The Morgan fingerprint density at radius 2 is 2.05 bits per heavy atom. The van der Waals surface area contributed by atoms with Crippen LogP contribution in [-0.2, 0) is 6.42 Å². The second-order valence-corrected chi connectivity index (χ2v) is 6.17. The average Bonchev–Trinajstić information content (AvgIpc) is 2.44. The molecule has 112 valence electrons. The minimum absolute atomic E-state index is 0.226. The maximum atomic E-state index is 13.9. The molecule has 0 aliphatic rings. The van der Waals surface area contributed by atoms with Crippen LogP contribution in [-0.4, -0.2) is 17.0 Å². The number of nitrogens with one attached hydrogen (secondary N) is 1. The van der Waals surface area contributed by atoms with E-state index in [0.717, 1.165) is 10.2 Å². The molecule has 1 N–H and O–H groups in total. The van der Waals surface area contributed by atoms with Crippen molar-refractivity contribution in [3.8, 4) is 0 Å². The highest BCUT2D eigenvalue weighted by Crippen LogP contribution is 2.30. The van der Waals surface area contributed by atoms with E-state index in [0.29, 0.717) is 22.2 Å². The van der Waals surface area contributed by atoms with Crippen molar-refractivity contribution in [3.05, 3.63) is 50.6 Å². The van der Waals surface area contributed by atoms with Crippen LogP contribution in [0.5, 0.6) is 0 Å². The van der Waals surface area contributed by atoms with Gasteiger partial charge in [0.1, 0.15) is 17.5 Å². The fourth-order valence-corrected chi connectivity index (χ4v) is 3.06. The summed E-state index contributed by atoms with van der Waals surface area (Å²) in [4.78, 5) is 8.95. The molecule has 1 aromatic carbocycles. The van der Waals surface area contributed by atoms with Gasteiger partial charge in [0.15, 0.2) is 0 Å². The average molecular weight is 373 g/mol. The Labute approximate surface area is 137 Å². The molecule has 0 bridgehead atoms. The summed E-state index contributed by atoms with van der Waals surface area (Å²) in [5.41, 5.74) is 1.30. The van der Waals surface area contributed by atoms with Crippen LogP contribution in [0.15, 0.2) is 22.7 Å². The van der Waals surface area contributed by atoms with Crippen LogP contribution < -0.4 is 5.32 Å². The van der Waals surface area contributed by atoms with Gasteiger partial charge in [0.05, 0.1) is 10.2 Å². The zero-order chi connectivity index (χ0) is 15.6. The predicted octanol–water partition coefficient (Wildman–Crippen LogP) is 4.79. The molecule has 0 aliphatic carbocycles. The van der Waals surface area contributed by atoms with Gasteiger partial charge in [-0.3, -0.25) is 0 Å². The summed E-state index contributed by atoms with van der Waals surface area (Å²) in [5.74, 6) is 1.12. The Hall–Kier alpha value is -1.20. The van der Waals surface area contributed by atoms with Crippen LogP contribution in [0.2, 0.25) is 5.02 Å². The van der Waals surface area contributed by atoms with Crippen molar-refractivity contribution in [1.29, 1.82) is 0 Å². The minimum Gasteiger partial charge on any atom is -0.372 e. The van der Waals surface area contributed by atoms with E-state index in [2.05, 4.69) is 31.2 Å². The summed E-state index contributed by atoms with van der Waals surface area (Å²) in [6.45, 7) is 4.10. The third kappa shape index (κ3) is 3.52. The van der Waals surface area contributed by atoms with Gasteiger partial charge in [-0.05, 0) is 34.0 Å². The highest BCUT2D eigenvalue weighted by molar-refractivity contribution is 9.10. The molecule has 0 saturated carbocycles. The molecule has 0 atom stereocenters. The molecule has 2 rings (SSSR count). The predicted molar refractivity (Wildman–Crippen MR) is 87.6 cm³/mol. The zero-order valence-electron chi connectivity index (χ0n) is 12.0. The fourth-order valence-electron chi connectivity index (χ4n) is 2.00. The van der Waals surface area contributed by atoms with Gasteiger partial charge in [-0.2, -0.15) is 0 Å². The van der Waals surface area contributed by atoms with E-state index < -0.39 is 0 Å². The largest absolute Gasteiger partial charge is 0.372 e. The minimum atomic E-state index is -0.342. The standard InChI is InChI=1S/C15H16BrClFN3/c1-8(2)14-13(16)15(19-3)21-12(20-14)7-9-10(17)5-4-6-11(9)18/h4-6,8H,7H2,1-3H3,(H,19,20,21). The van der Waals surface area contributed by atoms with E-state index in [4.69, 9.17) is 11.6 Å². The summed E-state index contributed by atoms with van der Waals surface area (Å²) in [6, 6.07) is 4.64. The highest BCUT2D eigenvalue weighted by atomic mass is 79.9. The lowest BCUT2D eigenvalue weighted by atomic mass is 10.1. The van der Waals surface area contributed by atoms with Crippen molar-refractivity contribution in [2.45, 2.75) is 26.2 Å². The molecule has 21 heavy (non-hydrogen) atoms. The van der Waals surface area contributed by atoms with Crippen molar-refractivity contribution < 1.29 is 4.39 Å². The number of rotatable bonds is 4. The normalized spacial score (nSPS) is 11.0. The highest BCUT2D eigenvalue weighted by Gasteiger charge is 2.16. The smallest absolute Gasteiger partial charge is 0.144 e. The van der Waals surface area contributed by atoms with Crippen molar-refractivity contribution >= 4 is 33.3 Å². The van der Waals surface area contributed by atoms with Crippen LogP contribution in [0.4, 0.5) is 10.2 Å². The van der Waals surface area contributed by atoms with Gasteiger partial charge < -0.3 is 5.32 Å². The van der Waals surface area contributed by atoms with Gasteiger partial charge in [0.25, 0.3) is 0 Å². The van der Waals surface area contributed by atoms with Crippen molar-refractivity contribution in [1.82, 2.24) is 9.97 Å². The molecule has 3 nitrogen and oxygen atoms in total. The Morgan fingerprint density at radius 1 is 1.33 bits per heavy atom. The molecule has 1 heterocycles. The summed E-state index contributed by atoms with van der Waals surface area (Å²) in [6.07, 6.45) is 0.257. The van der Waals surface area contributed by atoms with Gasteiger partial charge >= 0.3 is 0 Å². The summed E-state index contributed by atoms with van der Waals surface area (Å²) in [5, 5.41) is 3.41. The summed E-state index contributed by atoms with van der Waals surface area (Å²) >= 11 is 9.57. The molecule has 0 amide bonds. The van der Waals surface area contributed by atoms with Gasteiger partial charge in [0, 0.05) is 24.1 Å². The molecule has 0 radical (unpaired) electrons. The number of hydrogen-bond acceptors (Lipinski definition) is 3. The van der Waals surface area contributed by atoms with Crippen LogP contribution in [0.3, 0.4) is 0 Å². The third-order valence-electron chi connectivity index (χ3n) is 3.10. The number of benzene rings is 1. The molecule has 0 aliphatic heterocycles. The van der Waals surface area contributed by atoms with E-state index >= 15 is 0 Å². The van der Waals surface area contributed by atoms with Crippen LogP contribution in [0.1, 0.15) is 36.8 Å². The first kappa shape index (κ1) is 16.2. The molecule has 6 heteroatoms. The summed E-state index contributed by atoms with van der Waals surface area (Å²) < 4.78 is 14.7. The first-order chi connectivity index (χ1) is 9.93. The number of hydrogen-bond donors (Lipinski definition) is 1. The number of anilines is 1. The Balaban J connectivity index is 2.47. The van der Waals surface area contributed by atoms with Crippen LogP contribution in [0, 0.1) is 5.82 Å². The van der Waals surface area contributed by atoms with E-state index in [1.54, 1.807) is 19.2 Å². The molecule has 0 saturated heterocycles. The van der Waals surface area contributed by atoms with Crippen molar-refractivity contribution in [2.24, 2.45) is 0 Å². The lowest BCUT2D eigenvalue weighted by Gasteiger charge is -2.14.